The van der Waals surface area contributed by atoms with Crippen molar-refractivity contribution in [3.05, 3.63) is 11.6 Å². The SMILES string of the molecule is CC1=CC(C)(C)ON=C1. The molecular formula is C7H11NO. The molecule has 0 saturated heterocycles. The highest BCUT2D eigenvalue weighted by molar-refractivity contribution is 5.78. The van der Waals surface area contributed by atoms with Gasteiger partial charge < -0.3 is 4.84 Å². The highest BCUT2D eigenvalue weighted by Crippen LogP contribution is 2.16. The van der Waals surface area contributed by atoms with Crippen LogP contribution >= 0.6 is 0 Å². The number of nitrogens with zero attached hydrogens (tertiary/aromatic N) is 1. The minimum absolute atomic E-state index is 0.209. The van der Waals surface area contributed by atoms with E-state index in [1.165, 1.54) is 0 Å². The van der Waals surface area contributed by atoms with E-state index in [0.717, 1.165) is 5.57 Å². The third kappa shape index (κ3) is 1.56. The second-order valence-corrected chi connectivity index (χ2v) is 2.82. The Morgan fingerprint density at radius 3 is 2.56 bits per heavy atom. The Kier molecular flexibility index (Phi) is 1.31. The molecule has 50 valence electrons. The Labute approximate surface area is 55.2 Å². The molecule has 2 heteroatoms. The van der Waals surface area contributed by atoms with Crippen molar-refractivity contribution in [1.29, 1.82) is 0 Å². The number of allylic oxidation sites excluding steroid dienone is 1. The molecular weight excluding hydrogens is 114 g/mol. The molecule has 1 rings (SSSR count). The van der Waals surface area contributed by atoms with Crippen molar-refractivity contribution in [2.45, 2.75) is 26.4 Å². The molecule has 2 nitrogen and oxygen atoms in total. The molecule has 9 heavy (non-hydrogen) atoms. The van der Waals surface area contributed by atoms with Crippen molar-refractivity contribution in [1.82, 2.24) is 0 Å². The fourth-order valence-corrected chi connectivity index (χ4v) is 0.857. The van der Waals surface area contributed by atoms with E-state index in [9.17, 15) is 0 Å². The summed E-state index contributed by atoms with van der Waals surface area (Å²) in [6.07, 6.45) is 3.76. The van der Waals surface area contributed by atoms with Crippen LogP contribution in [0.4, 0.5) is 0 Å². The third-order valence-electron chi connectivity index (χ3n) is 1.12. The summed E-state index contributed by atoms with van der Waals surface area (Å²) in [5, 5.41) is 3.72. The van der Waals surface area contributed by atoms with Gasteiger partial charge >= 0.3 is 0 Å². The monoisotopic (exact) mass is 125 g/mol. The van der Waals surface area contributed by atoms with Gasteiger partial charge in [0.1, 0.15) is 0 Å². The van der Waals surface area contributed by atoms with Gasteiger partial charge in [0.25, 0.3) is 0 Å². The third-order valence-corrected chi connectivity index (χ3v) is 1.12. The Balaban J connectivity index is 2.78. The fourth-order valence-electron chi connectivity index (χ4n) is 0.857. The molecule has 1 aliphatic rings. The quantitative estimate of drug-likeness (QED) is 0.483. The summed E-state index contributed by atoms with van der Waals surface area (Å²) in [5.41, 5.74) is 0.949. The number of hydrogen-bond donors (Lipinski definition) is 0. The number of hydrogen-bond acceptors (Lipinski definition) is 2. The summed E-state index contributed by atoms with van der Waals surface area (Å²) in [6, 6.07) is 0. The maximum Gasteiger partial charge on any atom is 0.150 e. The van der Waals surface area contributed by atoms with Gasteiger partial charge in [-0.25, -0.2) is 0 Å². The molecule has 0 aromatic rings. The molecule has 0 radical (unpaired) electrons. The highest BCUT2D eigenvalue weighted by Gasteiger charge is 2.17. The van der Waals surface area contributed by atoms with E-state index in [4.69, 9.17) is 4.84 Å². The van der Waals surface area contributed by atoms with Crippen LogP contribution in [0.5, 0.6) is 0 Å². The van der Waals surface area contributed by atoms with Gasteiger partial charge in [0.2, 0.25) is 0 Å². The molecule has 0 saturated carbocycles. The zero-order chi connectivity index (χ0) is 6.91. The first-order valence-corrected chi connectivity index (χ1v) is 3.01. The molecule has 0 N–H and O–H groups in total. The minimum atomic E-state index is -0.209. The predicted octanol–water partition coefficient (Wildman–Crippen LogP) is 1.73. The van der Waals surface area contributed by atoms with E-state index in [0.29, 0.717) is 0 Å². The lowest BCUT2D eigenvalue weighted by Gasteiger charge is -2.21. The normalized spacial score (nSPS) is 22.8. The van der Waals surface area contributed by atoms with Crippen LogP contribution in [0.15, 0.2) is 16.8 Å². The summed E-state index contributed by atoms with van der Waals surface area (Å²) in [6.45, 7) is 5.97. The largest absolute Gasteiger partial charge is 0.386 e. The smallest absolute Gasteiger partial charge is 0.150 e. The summed E-state index contributed by atoms with van der Waals surface area (Å²) in [5.74, 6) is 0. The van der Waals surface area contributed by atoms with E-state index in [-0.39, 0.29) is 5.60 Å². The van der Waals surface area contributed by atoms with E-state index in [2.05, 4.69) is 5.16 Å². The van der Waals surface area contributed by atoms with Gasteiger partial charge in [0.15, 0.2) is 5.60 Å². The summed E-state index contributed by atoms with van der Waals surface area (Å²) < 4.78 is 0. The Bertz CT molecular complexity index is 168. The molecule has 0 amide bonds. The Morgan fingerprint density at radius 2 is 2.22 bits per heavy atom. The van der Waals surface area contributed by atoms with Crippen molar-refractivity contribution in [2.24, 2.45) is 5.16 Å². The second kappa shape index (κ2) is 1.87. The van der Waals surface area contributed by atoms with Crippen molar-refractivity contribution < 1.29 is 4.84 Å². The van der Waals surface area contributed by atoms with E-state index in [1.807, 2.05) is 26.8 Å². The van der Waals surface area contributed by atoms with E-state index < -0.39 is 0 Å². The average Bonchev–Trinajstić information content (AvgIpc) is 1.60. The van der Waals surface area contributed by atoms with Crippen LogP contribution in [0.2, 0.25) is 0 Å². The summed E-state index contributed by atoms with van der Waals surface area (Å²) in [4.78, 5) is 5.03. The second-order valence-electron chi connectivity index (χ2n) is 2.82. The minimum Gasteiger partial charge on any atom is -0.386 e. The highest BCUT2D eigenvalue weighted by atomic mass is 16.6. The Hall–Kier alpha value is -0.790. The van der Waals surface area contributed by atoms with Gasteiger partial charge in [-0.2, -0.15) is 0 Å². The van der Waals surface area contributed by atoms with Crippen molar-refractivity contribution in [2.75, 3.05) is 0 Å². The van der Waals surface area contributed by atoms with Crippen LogP contribution in [-0.4, -0.2) is 11.8 Å². The van der Waals surface area contributed by atoms with Gasteiger partial charge in [-0.05, 0) is 32.4 Å². The van der Waals surface area contributed by atoms with Crippen LogP contribution in [0.3, 0.4) is 0 Å². The first-order chi connectivity index (χ1) is 4.10. The molecule has 1 heterocycles. The lowest BCUT2D eigenvalue weighted by Crippen LogP contribution is -2.21. The lowest BCUT2D eigenvalue weighted by atomic mass is 10.1. The van der Waals surface area contributed by atoms with Crippen LogP contribution in [0.1, 0.15) is 20.8 Å². The van der Waals surface area contributed by atoms with Gasteiger partial charge in [0.05, 0.1) is 6.21 Å². The molecule has 1 aliphatic heterocycles. The molecule has 0 atom stereocenters. The van der Waals surface area contributed by atoms with E-state index in [1.54, 1.807) is 6.21 Å². The maximum absolute atomic E-state index is 5.03. The van der Waals surface area contributed by atoms with Crippen LogP contribution < -0.4 is 0 Å². The molecule has 0 fully saturated rings. The first-order valence-electron chi connectivity index (χ1n) is 3.01. The molecule has 0 bridgehead atoms. The first kappa shape index (κ1) is 6.33. The standard InChI is InChI=1S/C7H11NO/c1-6-4-7(2,3)9-8-5-6/h4-5H,1-3H3. The molecule has 0 aromatic heterocycles. The number of rotatable bonds is 0. The summed E-state index contributed by atoms with van der Waals surface area (Å²) >= 11 is 0. The van der Waals surface area contributed by atoms with Gasteiger partial charge in [0, 0.05) is 0 Å². The average molecular weight is 125 g/mol. The van der Waals surface area contributed by atoms with Crippen LogP contribution in [-0.2, 0) is 4.84 Å². The lowest BCUT2D eigenvalue weighted by molar-refractivity contribution is 0.0217. The zero-order valence-electron chi connectivity index (χ0n) is 6.01. The predicted molar refractivity (Wildman–Crippen MR) is 37.4 cm³/mol. The number of oxime groups is 1. The molecule has 0 aliphatic carbocycles. The zero-order valence-corrected chi connectivity index (χ0v) is 6.01. The van der Waals surface area contributed by atoms with Gasteiger partial charge in [-0.15, -0.1) is 0 Å². The van der Waals surface area contributed by atoms with Gasteiger partial charge in [-0.1, -0.05) is 5.16 Å². The van der Waals surface area contributed by atoms with Crippen molar-refractivity contribution in [3.8, 4) is 0 Å². The van der Waals surface area contributed by atoms with Crippen molar-refractivity contribution >= 4 is 6.21 Å². The fraction of sp³-hybridized carbons (Fsp3) is 0.571. The van der Waals surface area contributed by atoms with E-state index >= 15 is 0 Å². The topological polar surface area (TPSA) is 21.6 Å². The molecule has 0 spiro atoms. The van der Waals surface area contributed by atoms with Crippen LogP contribution in [0.25, 0.3) is 0 Å². The summed E-state index contributed by atoms with van der Waals surface area (Å²) in [7, 11) is 0. The molecule has 0 aromatic carbocycles. The van der Waals surface area contributed by atoms with Crippen LogP contribution in [0, 0.1) is 0 Å². The molecule has 0 unspecified atom stereocenters. The maximum atomic E-state index is 5.03. The van der Waals surface area contributed by atoms with Gasteiger partial charge in [-0.3, -0.25) is 0 Å². The Morgan fingerprint density at radius 1 is 1.56 bits per heavy atom. The van der Waals surface area contributed by atoms with Crippen molar-refractivity contribution in [3.63, 3.8) is 0 Å².